The van der Waals surface area contributed by atoms with Crippen molar-refractivity contribution in [2.45, 2.75) is 6.18 Å². The molecular weight excluding hydrogens is 189 g/mol. The minimum Gasteiger partial charge on any atom is -0.370 e. The highest BCUT2D eigenvalue weighted by Gasteiger charge is 2.27. The summed E-state index contributed by atoms with van der Waals surface area (Å²) in [6.07, 6.45) is -4.36. The highest BCUT2D eigenvalue weighted by molar-refractivity contribution is 5.77. The van der Waals surface area contributed by atoms with Crippen LogP contribution in [0.4, 0.5) is 13.2 Å². The number of alkyl halides is 3. The number of amides is 1. The highest BCUT2D eigenvalue weighted by Crippen LogP contribution is 2.11. The minimum atomic E-state index is -4.36. The summed E-state index contributed by atoms with van der Waals surface area (Å²) in [6, 6.07) is 0. The first-order valence-corrected chi connectivity index (χ1v) is 3.49. The van der Waals surface area contributed by atoms with Gasteiger partial charge >= 0.3 is 6.18 Å². The van der Waals surface area contributed by atoms with Gasteiger partial charge in [0.25, 0.3) is 0 Å². The Kier molecular flexibility index (Phi) is 5.40. The Morgan fingerprint density at radius 1 is 1.46 bits per heavy atom. The van der Waals surface area contributed by atoms with Crippen LogP contribution >= 0.6 is 0 Å². The number of nitrogens with one attached hydrogen (secondary N) is 2. The molecule has 78 valence electrons. The average molecular weight is 200 g/mol. The van der Waals surface area contributed by atoms with Gasteiger partial charge in [-0.15, -0.1) is 0 Å². The number of rotatable bonds is 5. The molecule has 0 aromatic heterocycles. The zero-order chi connectivity index (χ0) is 10.3. The lowest BCUT2D eigenvalue weighted by Gasteiger charge is -2.08. The van der Waals surface area contributed by atoms with Gasteiger partial charge in [0, 0.05) is 7.11 Å². The molecule has 0 aliphatic heterocycles. The molecule has 2 N–H and O–H groups in total. The lowest BCUT2D eigenvalue weighted by molar-refractivity contribution is -0.138. The van der Waals surface area contributed by atoms with Crippen LogP contribution in [0.25, 0.3) is 0 Å². The molecule has 0 aromatic rings. The molecule has 0 aliphatic carbocycles. The van der Waals surface area contributed by atoms with Gasteiger partial charge in [-0.25, -0.2) is 0 Å². The number of halogens is 3. The van der Waals surface area contributed by atoms with Gasteiger partial charge in [-0.3, -0.25) is 10.1 Å². The molecule has 0 unspecified atom stereocenters. The van der Waals surface area contributed by atoms with E-state index in [-0.39, 0.29) is 13.3 Å². The SMILES string of the molecule is COCNCC(=O)NCC(F)(F)F. The molecular formula is C6H11F3N2O2. The van der Waals surface area contributed by atoms with Crippen molar-refractivity contribution in [2.24, 2.45) is 0 Å². The van der Waals surface area contributed by atoms with Crippen molar-refractivity contribution in [3.05, 3.63) is 0 Å². The van der Waals surface area contributed by atoms with Crippen LogP contribution in [-0.2, 0) is 9.53 Å². The molecule has 0 radical (unpaired) electrons. The third-order valence-electron chi connectivity index (χ3n) is 1.02. The van der Waals surface area contributed by atoms with Crippen molar-refractivity contribution in [2.75, 3.05) is 26.9 Å². The van der Waals surface area contributed by atoms with Crippen molar-refractivity contribution < 1.29 is 22.7 Å². The molecule has 0 heterocycles. The van der Waals surface area contributed by atoms with Gasteiger partial charge in [-0.05, 0) is 0 Å². The van der Waals surface area contributed by atoms with Gasteiger partial charge in [-0.1, -0.05) is 0 Å². The Labute approximate surface area is 73.4 Å². The fourth-order valence-electron chi connectivity index (χ4n) is 0.528. The topological polar surface area (TPSA) is 50.4 Å². The van der Waals surface area contributed by atoms with E-state index in [4.69, 9.17) is 0 Å². The van der Waals surface area contributed by atoms with Crippen LogP contribution in [0.3, 0.4) is 0 Å². The standard InChI is InChI=1S/C6H11F3N2O2/c1-13-4-10-2-5(12)11-3-6(7,8)9/h10H,2-4H2,1H3,(H,11,12). The van der Waals surface area contributed by atoms with Crippen LogP contribution in [0.1, 0.15) is 0 Å². The first-order chi connectivity index (χ1) is 5.95. The predicted octanol–water partition coefficient (Wildman–Crippen LogP) is -0.142. The maximum Gasteiger partial charge on any atom is 0.405 e. The molecule has 0 aromatic carbocycles. The van der Waals surface area contributed by atoms with Crippen molar-refractivity contribution in [1.29, 1.82) is 0 Å². The molecule has 13 heavy (non-hydrogen) atoms. The van der Waals surface area contributed by atoms with Gasteiger partial charge < -0.3 is 10.1 Å². The van der Waals surface area contributed by atoms with E-state index in [1.807, 2.05) is 0 Å². The van der Waals surface area contributed by atoms with Crippen LogP contribution in [0.2, 0.25) is 0 Å². The molecule has 0 spiro atoms. The molecule has 0 atom stereocenters. The summed E-state index contributed by atoms with van der Waals surface area (Å²) in [4.78, 5) is 10.6. The number of carbonyl (C=O) groups excluding carboxylic acids is 1. The smallest absolute Gasteiger partial charge is 0.370 e. The zero-order valence-corrected chi connectivity index (χ0v) is 7.07. The normalized spacial score (nSPS) is 11.4. The third-order valence-corrected chi connectivity index (χ3v) is 1.02. The molecule has 0 fully saturated rings. The number of methoxy groups -OCH3 is 1. The first kappa shape index (κ1) is 12.2. The van der Waals surface area contributed by atoms with Crippen molar-refractivity contribution in [1.82, 2.24) is 10.6 Å². The number of ether oxygens (including phenoxy) is 1. The Morgan fingerprint density at radius 3 is 2.54 bits per heavy atom. The molecule has 0 saturated heterocycles. The van der Waals surface area contributed by atoms with Crippen LogP contribution in [0.15, 0.2) is 0 Å². The second kappa shape index (κ2) is 5.76. The van der Waals surface area contributed by atoms with Crippen LogP contribution in [-0.4, -0.2) is 39.0 Å². The van der Waals surface area contributed by atoms with Crippen LogP contribution < -0.4 is 10.6 Å². The molecule has 7 heteroatoms. The Bertz CT molecular complexity index is 160. The quantitative estimate of drug-likeness (QED) is 0.479. The molecule has 0 bridgehead atoms. The predicted molar refractivity (Wildman–Crippen MR) is 38.9 cm³/mol. The van der Waals surface area contributed by atoms with E-state index in [0.717, 1.165) is 0 Å². The Hall–Kier alpha value is -0.820. The van der Waals surface area contributed by atoms with Gasteiger partial charge in [0.1, 0.15) is 6.54 Å². The van der Waals surface area contributed by atoms with E-state index < -0.39 is 18.6 Å². The Balaban J connectivity index is 3.41. The van der Waals surface area contributed by atoms with E-state index in [2.05, 4.69) is 10.1 Å². The molecule has 0 saturated carbocycles. The monoisotopic (exact) mass is 200 g/mol. The third kappa shape index (κ3) is 9.09. The summed E-state index contributed by atoms with van der Waals surface area (Å²) in [5.41, 5.74) is 0. The molecule has 1 amide bonds. The summed E-state index contributed by atoms with van der Waals surface area (Å²) in [5.74, 6) is -0.714. The number of hydrogen-bond donors (Lipinski definition) is 2. The maximum absolute atomic E-state index is 11.5. The van der Waals surface area contributed by atoms with E-state index >= 15 is 0 Å². The van der Waals surface area contributed by atoms with Gasteiger partial charge in [-0.2, -0.15) is 13.2 Å². The molecule has 0 aliphatic rings. The first-order valence-electron chi connectivity index (χ1n) is 3.49. The highest BCUT2D eigenvalue weighted by atomic mass is 19.4. The Morgan fingerprint density at radius 2 is 2.08 bits per heavy atom. The number of hydrogen-bond acceptors (Lipinski definition) is 3. The van der Waals surface area contributed by atoms with Crippen LogP contribution in [0, 0.1) is 0 Å². The lowest BCUT2D eigenvalue weighted by Crippen LogP contribution is -2.39. The van der Waals surface area contributed by atoms with Crippen molar-refractivity contribution in [3.63, 3.8) is 0 Å². The van der Waals surface area contributed by atoms with E-state index in [1.54, 1.807) is 5.32 Å². The molecule has 0 rings (SSSR count). The van der Waals surface area contributed by atoms with E-state index in [0.29, 0.717) is 0 Å². The van der Waals surface area contributed by atoms with Gasteiger partial charge in [0.2, 0.25) is 5.91 Å². The zero-order valence-electron chi connectivity index (χ0n) is 7.07. The lowest BCUT2D eigenvalue weighted by atomic mass is 10.5. The molecule has 4 nitrogen and oxygen atoms in total. The van der Waals surface area contributed by atoms with Gasteiger partial charge in [0.15, 0.2) is 0 Å². The summed E-state index contributed by atoms with van der Waals surface area (Å²) in [5, 5.41) is 4.17. The average Bonchev–Trinajstić information content (AvgIpc) is 2.00. The van der Waals surface area contributed by atoms with Crippen molar-refractivity contribution >= 4 is 5.91 Å². The minimum absolute atomic E-state index is 0.124. The number of carbonyl (C=O) groups is 1. The van der Waals surface area contributed by atoms with Crippen LogP contribution in [0.5, 0.6) is 0 Å². The van der Waals surface area contributed by atoms with Gasteiger partial charge in [0.05, 0.1) is 13.3 Å². The summed E-state index contributed by atoms with van der Waals surface area (Å²) in [7, 11) is 1.40. The van der Waals surface area contributed by atoms with E-state index in [1.165, 1.54) is 7.11 Å². The summed E-state index contributed by atoms with van der Waals surface area (Å²) < 4.78 is 39.2. The van der Waals surface area contributed by atoms with Crippen molar-refractivity contribution in [3.8, 4) is 0 Å². The largest absolute Gasteiger partial charge is 0.405 e. The fraction of sp³-hybridized carbons (Fsp3) is 0.833. The summed E-state index contributed by atoms with van der Waals surface area (Å²) >= 11 is 0. The summed E-state index contributed by atoms with van der Waals surface area (Å²) in [6.45, 7) is -1.37. The van der Waals surface area contributed by atoms with E-state index in [9.17, 15) is 18.0 Å². The second-order valence-electron chi connectivity index (χ2n) is 2.25. The fourth-order valence-corrected chi connectivity index (χ4v) is 0.528. The second-order valence-corrected chi connectivity index (χ2v) is 2.25. The maximum atomic E-state index is 11.5.